The Morgan fingerprint density at radius 2 is 1.82 bits per heavy atom. The Morgan fingerprint density at radius 1 is 1.12 bits per heavy atom. The molecule has 1 saturated heterocycles. The number of hydrogen-bond acceptors (Lipinski definition) is 2. The van der Waals surface area contributed by atoms with Crippen molar-refractivity contribution in [2.75, 3.05) is 6.54 Å². The van der Waals surface area contributed by atoms with Gasteiger partial charge in [0, 0.05) is 6.54 Å². The summed E-state index contributed by atoms with van der Waals surface area (Å²) >= 11 is 0. The fourth-order valence-corrected chi connectivity index (χ4v) is 2.84. The molecule has 88 valence electrons. The third-order valence-electron chi connectivity index (χ3n) is 3.02. The SMILES string of the molecule is O=S(=O)(O)N1CC1c1ccc2ccccc2c1. The highest BCUT2D eigenvalue weighted by Crippen LogP contribution is 2.37. The van der Waals surface area contributed by atoms with E-state index in [9.17, 15) is 8.42 Å². The second-order valence-electron chi connectivity index (χ2n) is 4.17. The molecule has 0 amide bonds. The summed E-state index contributed by atoms with van der Waals surface area (Å²) in [5, 5.41) is 2.20. The van der Waals surface area contributed by atoms with E-state index in [-0.39, 0.29) is 6.04 Å². The summed E-state index contributed by atoms with van der Waals surface area (Å²) in [5.41, 5.74) is 0.918. The van der Waals surface area contributed by atoms with Crippen molar-refractivity contribution in [1.29, 1.82) is 0 Å². The minimum absolute atomic E-state index is 0.213. The van der Waals surface area contributed by atoms with Gasteiger partial charge in [0.2, 0.25) is 0 Å². The zero-order chi connectivity index (χ0) is 12.0. The van der Waals surface area contributed by atoms with Crippen LogP contribution in [0.4, 0.5) is 0 Å². The first-order valence-electron chi connectivity index (χ1n) is 5.29. The third kappa shape index (κ3) is 1.93. The maximum Gasteiger partial charge on any atom is 0.336 e. The van der Waals surface area contributed by atoms with Gasteiger partial charge in [-0.2, -0.15) is 12.7 Å². The highest BCUT2D eigenvalue weighted by atomic mass is 32.2. The highest BCUT2D eigenvalue weighted by molar-refractivity contribution is 7.83. The molecule has 5 heteroatoms. The number of benzene rings is 2. The lowest BCUT2D eigenvalue weighted by atomic mass is 10.1. The van der Waals surface area contributed by atoms with Gasteiger partial charge in [-0.15, -0.1) is 0 Å². The molecule has 0 saturated carbocycles. The van der Waals surface area contributed by atoms with Crippen LogP contribution in [-0.4, -0.2) is 23.8 Å². The summed E-state index contributed by atoms with van der Waals surface area (Å²) in [6.07, 6.45) is 0. The zero-order valence-electron chi connectivity index (χ0n) is 8.95. The van der Waals surface area contributed by atoms with E-state index in [1.54, 1.807) is 0 Å². The molecule has 0 aliphatic carbocycles. The molecule has 1 fully saturated rings. The summed E-state index contributed by atoms with van der Waals surface area (Å²) in [5.74, 6) is 0. The smallest absolute Gasteiger partial charge is 0.273 e. The minimum atomic E-state index is -4.05. The fraction of sp³-hybridized carbons (Fsp3) is 0.167. The molecule has 1 N–H and O–H groups in total. The van der Waals surface area contributed by atoms with Crippen LogP contribution < -0.4 is 0 Å². The van der Waals surface area contributed by atoms with Gasteiger partial charge < -0.3 is 0 Å². The Balaban J connectivity index is 1.98. The first-order chi connectivity index (χ1) is 8.05. The second-order valence-corrected chi connectivity index (χ2v) is 5.53. The van der Waals surface area contributed by atoms with Gasteiger partial charge >= 0.3 is 10.3 Å². The Morgan fingerprint density at radius 3 is 2.47 bits per heavy atom. The van der Waals surface area contributed by atoms with Gasteiger partial charge in [0.1, 0.15) is 0 Å². The first-order valence-corrected chi connectivity index (χ1v) is 6.68. The topological polar surface area (TPSA) is 57.4 Å². The summed E-state index contributed by atoms with van der Waals surface area (Å²) < 4.78 is 31.8. The number of nitrogens with zero attached hydrogens (tertiary/aromatic N) is 1. The Labute approximate surface area is 99.4 Å². The molecule has 2 aromatic carbocycles. The van der Waals surface area contributed by atoms with Crippen LogP contribution >= 0.6 is 0 Å². The van der Waals surface area contributed by atoms with E-state index in [1.165, 1.54) is 0 Å². The maximum atomic E-state index is 10.9. The van der Waals surface area contributed by atoms with Crippen LogP contribution in [0.5, 0.6) is 0 Å². The molecule has 1 aliphatic heterocycles. The van der Waals surface area contributed by atoms with E-state index < -0.39 is 10.3 Å². The molecule has 2 unspecified atom stereocenters. The van der Waals surface area contributed by atoms with Gasteiger partial charge in [0.05, 0.1) is 6.04 Å². The van der Waals surface area contributed by atoms with Gasteiger partial charge in [-0.3, -0.25) is 4.55 Å². The van der Waals surface area contributed by atoms with Crippen LogP contribution in [0.15, 0.2) is 42.5 Å². The molecular formula is C12H11NO3S. The quantitative estimate of drug-likeness (QED) is 0.654. The molecule has 2 aromatic rings. The van der Waals surface area contributed by atoms with E-state index in [2.05, 4.69) is 0 Å². The first kappa shape index (κ1) is 10.7. The van der Waals surface area contributed by atoms with Crippen molar-refractivity contribution >= 4 is 21.1 Å². The average Bonchev–Trinajstić information content (AvgIpc) is 3.08. The van der Waals surface area contributed by atoms with Crippen LogP contribution in [0.3, 0.4) is 0 Å². The largest absolute Gasteiger partial charge is 0.336 e. The predicted molar refractivity (Wildman–Crippen MR) is 64.9 cm³/mol. The molecule has 0 aromatic heterocycles. The second kappa shape index (κ2) is 3.53. The lowest BCUT2D eigenvalue weighted by Crippen LogP contribution is -2.09. The van der Waals surface area contributed by atoms with Gasteiger partial charge in [-0.1, -0.05) is 36.4 Å². The van der Waals surface area contributed by atoms with Crippen LogP contribution in [0.1, 0.15) is 11.6 Å². The molecule has 1 heterocycles. The Kier molecular flexibility index (Phi) is 2.22. The van der Waals surface area contributed by atoms with Gasteiger partial charge in [0.15, 0.2) is 0 Å². The lowest BCUT2D eigenvalue weighted by Gasteiger charge is -2.03. The van der Waals surface area contributed by atoms with Gasteiger partial charge in [0.25, 0.3) is 0 Å². The molecule has 3 rings (SSSR count). The zero-order valence-corrected chi connectivity index (χ0v) is 9.76. The maximum absolute atomic E-state index is 10.9. The Hall–Kier alpha value is -1.43. The molecule has 2 atom stereocenters. The number of fused-ring (bicyclic) bond motifs is 1. The minimum Gasteiger partial charge on any atom is -0.273 e. The van der Waals surface area contributed by atoms with Crippen LogP contribution in [0, 0.1) is 0 Å². The molecule has 17 heavy (non-hydrogen) atoms. The third-order valence-corrected chi connectivity index (χ3v) is 4.02. The van der Waals surface area contributed by atoms with Crippen LogP contribution in [-0.2, 0) is 10.3 Å². The van der Waals surface area contributed by atoms with Crippen molar-refractivity contribution in [3.05, 3.63) is 48.0 Å². The standard InChI is InChI=1S/C12H11NO3S/c14-17(15,16)13-8-12(13)11-6-5-9-3-1-2-4-10(9)7-11/h1-7,12H,8H2,(H,14,15,16). The average molecular weight is 249 g/mol. The molecule has 0 spiro atoms. The number of rotatable bonds is 2. The van der Waals surface area contributed by atoms with E-state index in [4.69, 9.17) is 4.55 Å². The monoisotopic (exact) mass is 249 g/mol. The summed E-state index contributed by atoms with van der Waals surface area (Å²) in [4.78, 5) is 0. The van der Waals surface area contributed by atoms with Crippen LogP contribution in [0.25, 0.3) is 10.8 Å². The lowest BCUT2D eigenvalue weighted by molar-refractivity contribution is 0.441. The van der Waals surface area contributed by atoms with E-state index in [1.807, 2.05) is 42.5 Å². The van der Waals surface area contributed by atoms with Crippen molar-refractivity contribution in [3.63, 3.8) is 0 Å². The summed E-state index contributed by atoms with van der Waals surface area (Å²) in [6, 6.07) is 13.5. The van der Waals surface area contributed by atoms with Gasteiger partial charge in [-0.05, 0) is 22.4 Å². The van der Waals surface area contributed by atoms with Crippen molar-refractivity contribution in [3.8, 4) is 0 Å². The normalized spacial score (nSPS) is 23.8. The molecule has 1 aliphatic rings. The molecule has 0 radical (unpaired) electrons. The number of hydrogen-bond donors (Lipinski definition) is 1. The van der Waals surface area contributed by atoms with E-state index in [0.717, 1.165) is 20.6 Å². The van der Waals surface area contributed by atoms with E-state index >= 15 is 0 Å². The molecular weight excluding hydrogens is 238 g/mol. The van der Waals surface area contributed by atoms with Crippen molar-refractivity contribution < 1.29 is 13.0 Å². The highest BCUT2D eigenvalue weighted by Gasteiger charge is 2.44. The van der Waals surface area contributed by atoms with Crippen LogP contribution in [0.2, 0.25) is 0 Å². The van der Waals surface area contributed by atoms with Crippen molar-refractivity contribution in [1.82, 2.24) is 4.31 Å². The Bertz CT molecular complexity index is 681. The summed E-state index contributed by atoms with van der Waals surface area (Å²) in [6.45, 7) is 0.358. The van der Waals surface area contributed by atoms with Crippen molar-refractivity contribution in [2.24, 2.45) is 0 Å². The molecule has 4 nitrogen and oxygen atoms in total. The fourth-order valence-electron chi connectivity index (χ4n) is 2.07. The van der Waals surface area contributed by atoms with E-state index in [0.29, 0.717) is 6.54 Å². The van der Waals surface area contributed by atoms with Crippen molar-refractivity contribution in [2.45, 2.75) is 6.04 Å². The predicted octanol–water partition coefficient (Wildman–Crippen LogP) is 2.00. The summed E-state index contributed by atoms with van der Waals surface area (Å²) in [7, 11) is -4.05. The molecule has 0 bridgehead atoms. The van der Waals surface area contributed by atoms with Gasteiger partial charge in [-0.25, -0.2) is 0 Å².